The molecule has 2 N–H and O–H groups in total. The monoisotopic (exact) mass is 386 g/mol. The summed E-state index contributed by atoms with van der Waals surface area (Å²) in [5.74, 6) is -0.419. The van der Waals surface area contributed by atoms with E-state index in [1.54, 1.807) is 35.7 Å². The van der Waals surface area contributed by atoms with Gasteiger partial charge in [0.25, 0.3) is 11.8 Å². The lowest BCUT2D eigenvalue weighted by molar-refractivity contribution is 0.0928. The minimum atomic E-state index is -0.256. The maximum absolute atomic E-state index is 11.9. The van der Waals surface area contributed by atoms with E-state index in [2.05, 4.69) is 26.6 Å². The van der Waals surface area contributed by atoms with Crippen LogP contribution in [0.2, 0.25) is 5.02 Å². The average molecular weight is 388 g/mol. The third kappa shape index (κ3) is 4.56. The molecule has 1 aromatic carbocycles. The Labute approximate surface area is 139 Å². The molecule has 2 amide bonds. The van der Waals surface area contributed by atoms with Crippen LogP contribution in [0, 0.1) is 0 Å². The van der Waals surface area contributed by atoms with E-state index < -0.39 is 0 Å². The molecule has 0 bridgehead atoms. The maximum Gasteiger partial charge on any atom is 0.252 e. The molecule has 110 valence electrons. The summed E-state index contributed by atoms with van der Waals surface area (Å²) in [5.41, 5.74) is 1.02. The molecule has 7 heteroatoms. The van der Waals surface area contributed by atoms with E-state index in [1.165, 1.54) is 11.3 Å². The second-order valence-corrected chi connectivity index (χ2v) is 6.83. The minimum Gasteiger partial charge on any atom is -0.350 e. The van der Waals surface area contributed by atoms with Crippen LogP contribution in [0.15, 0.2) is 39.5 Å². The fourth-order valence-electron chi connectivity index (χ4n) is 1.62. The fraction of sp³-hybridized carbons (Fsp3) is 0.143. The first-order valence-electron chi connectivity index (χ1n) is 6.13. The Balaban J connectivity index is 1.76. The third-order valence-electron chi connectivity index (χ3n) is 2.64. The van der Waals surface area contributed by atoms with Crippen LogP contribution in [-0.2, 0) is 0 Å². The zero-order valence-corrected chi connectivity index (χ0v) is 14.0. The van der Waals surface area contributed by atoms with Crippen LogP contribution in [0.4, 0.5) is 0 Å². The number of benzene rings is 1. The lowest BCUT2D eigenvalue weighted by atomic mass is 10.2. The molecular formula is C14H12BrClN2O2S. The Hall–Kier alpha value is -1.37. The molecule has 2 aromatic rings. The summed E-state index contributed by atoms with van der Waals surface area (Å²) in [4.78, 5) is 23.6. The van der Waals surface area contributed by atoms with Crippen molar-refractivity contribution in [3.63, 3.8) is 0 Å². The van der Waals surface area contributed by atoms with E-state index >= 15 is 0 Å². The summed E-state index contributed by atoms with van der Waals surface area (Å²) in [5, 5.41) is 7.61. The molecule has 0 aliphatic rings. The number of nitrogens with one attached hydrogen (secondary N) is 2. The van der Waals surface area contributed by atoms with E-state index in [9.17, 15) is 9.59 Å². The highest BCUT2D eigenvalue weighted by Crippen LogP contribution is 2.20. The van der Waals surface area contributed by atoms with Crippen molar-refractivity contribution in [1.82, 2.24) is 10.6 Å². The summed E-state index contributed by atoms with van der Waals surface area (Å²) >= 11 is 10.7. The number of halogens is 2. The molecule has 0 spiro atoms. The molecule has 0 unspecified atom stereocenters. The molecule has 21 heavy (non-hydrogen) atoms. The standard InChI is InChI=1S/C14H12BrClN2O2S/c15-12-7-9(8-21-12)13(19)17-5-6-18-14(20)10-3-1-2-4-11(10)16/h1-4,7-8H,5-6H2,(H,17,19)(H,18,20). The van der Waals surface area contributed by atoms with Crippen LogP contribution < -0.4 is 10.6 Å². The molecule has 0 radical (unpaired) electrons. The summed E-state index contributed by atoms with van der Waals surface area (Å²) in [6.45, 7) is 0.684. The Bertz CT molecular complexity index is 660. The molecule has 0 saturated heterocycles. The Morgan fingerprint density at radius 3 is 2.43 bits per heavy atom. The molecular weight excluding hydrogens is 376 g/mol. The van der Waals surface area contributed by atoms with Gasteiger partial charge in [-0.1, -0.05) is 23.7 Å². The number of hydrogen-bond acceptors (Lipinski definition) is 3. The van der Waals surface area contributed by atoms with E-state index in [-0.39, 0.29) is 11.8 Å². The first kappa shape index (κ1) is 16.0. The highest BCUT2D eigenvalue weighted by Gasteiger charge is 2.10. The topological polar surface area (TPSA) is 58.2 Å². The molecule has 0 aliphatic carbocycles. The number of hydrogen-bond donors (Lipinski definition) is 2. The van der Waals surface area contributed by atoms with Crippen molar-refractivity contribution in [1.29, 1.82) is 0 Å². The van der Waals surface area contributed by atoms with Crippen molar-refractivity contribution in [2.24, 2.45) is 0 Å². The maximum atomic E-state index is 11.9. The van der Waals surface area contributed by atoms with Gasteiger partial charge < -0.3 is 10.6 Å². The largest absolute Gasteiger partial charge is 0.350 e. The fourth-order valence-corrected chi connectivity index (χ4v) is 2.98. The van der Waals surface area contributed by atoms with E-state index in [4.69, 9.17) is 11.6 Å². The smallest absolute Gasteiger partial charge is 0.252 e. The summed E-state index contributed by atoms with van der Waals surface area (Å²) in [6.07, 6.45) is 0. The summed E-state index contributed by atoms with van der Waals surface area (Å²) in [6, 6.07) is 8.57. The summed E-state index contributed by atoms with van der Waals surface area (Å²) < 4.78 is 0.902. The number of carbonyl (C=O) groups is 2. The average Bonchev–Trinajstić information content (AvgIpc) is 2.90. The van der Waals surface area contributed by atoms with Crippen LogP contribution in [0.1, 0.15) is 20.7 Å². The van der Waals surface area contributed by atoms with Gasteiger partial charge in [-0.3, -0.25) is 9.59 Å². The summed E-state index contributed by atoms with van der Waals surface area (Å²) in [7, 11) is 0. The van der Waals surface area contributed by atoms with Gasteiger partial charge >= 0.3 is 0 Å². The second-order valence-electron chi connectivity index (χ2n) is 4.13. The first-order chi connectivity index (χ1) is 10.1. The Kier molecular flexibility index (Phi) is 5.78. The highest BCUT2D eigenvalue weighted by molar-refractivity contribution is 9.11. The van der Waals surface area contributed by atoms with Gasteiger partial charge in [0, 0.05) is 18.5 Å². The molecule has 1 heterocycles. The van der Waals surface area contributed by atoms with E-state index in [1.807, 2.05) is 0 Å². The molecule has 4 nitrogen and oxygen atoms in total. The Morgan fingerprint density at radius 2 is 1.81 bits per heavy atom. The molecule has 0 saturated carbocycles. The lowest BCUT2D eigenvalue weighted by Crippen LogP contribution is -2.34. The molecule has 0 atom stereocenters. The van der Waals surface area contributed by atoms with Crippen molar-refractivity contribution < 1.29 is 9.59 Å². The number of amides is 2. The van der Waals surface area contributed by atoms with Crippen LogP contribution in [-0.4, -0.2) is 24.9 Å². The first-order valence-corrected chi connectivity index (χ1v) is 8.18. The van der Waals surface area contributed by atoms with Crippen LogP contribution >= 0.6 is 38.9 Å². The van der Waals surface area contributed by atoms with Crippen LogP contribution in [0.25, 0.3) is 0 Å². The SMILES string of the molecule is O=C(NCCNC(=O)c1ccccc1Cl)c1csc(Br)c1. The number of rotatable bonds is 5. The Morgan fingerprint density at radius 1 is 1.14 bits per heavy atom. The quantitative estimate of drug-likeness (QED) is 0.773. The predicted octanol–water partition coefficient (Wildman–Crippen LogP) is 3.32. The normalized spacial score (nSPS) is 10.2. The number of thiophene rings is 1. The minimum absolute atomic E-state index is 0.163. The molecule has 0 fully saturated rings. The van der Waals surface area contributed by atoms with Gasteiger partial charge in [0.05, 0.1) is 19.9 Å². The molecule has 0 aliphatic heterocycles. The molecule has 2 rings (SSSR count). The van der Waals surface area contributed by atoms with Gasteiger partial charge in [-0.05, 0) is 34.1 Å². The van der Waals surface area contributed by atoms with Gasteiger partial charge in [0.1, 0.15) is 0 Å². The van der Waals surface area contributed by atoms with E-state index in [0.29, 0.717) is 29.2 Å². The van der Waals surface area contributed by atoms with E-state index in [0.717, 1.165) is 3.79 Å². The zero-order chi connectivity index (χ0) is 15.2. The second kappa shape index (κ2) is 7.59. The van der Waals surface area contributed by atoms with Gasteiger partial charge in [-0.15, -0.1) is 11.3 Å². The van der Waals surface area contributed by atoms with Gasteiger partial charge in [-0.25, -0.2) is 0 Å². The third-order valence-corrected chi connectivity index (χ3v) is 4.48. The zero-order valence-electron chi connectivity index (χ0n) is 10.9. The van der Waals surface area contributed by atoms with Gasteiger partial charge in [-0.2, -0.15) is 0 Å². The van der Waals surface area contributed by atoms with Crippen molar-refractivity contribution in [2.45, 2.75) is 0 Å². The predicted molar refractivity (Wildman–Crippen MR) is 88.1 cm³/mol. The highest BCUT2D eigenvalue weighted by atomic mass is 79.9. The molecule has 1 aromatic heterocycles. The van der Waals surface area contributed by atoms with Crippen LogP contribution in [0.5, 0.6) is 0 Å². The van der Waals surface area contributed by atoms with Crippen molar-refractivity contribution in [3.8, 4) is 0 Å². The van der Waals surface area contributed by atoms with Crippen LogP contribution in [0.3, 0.4) is 0 Å². The van der Waals surface area contributed by atoms with Crippen molar-refractivity contribution >= 4 is 50.7 Å². The number of carbonyl (C=O) groups excluding carboxylic acids is 2. The van der Waals surface area contributed by atoms with Gasteiger partial charge in [0.2, 0.25) is 0 Å². The van der Waals surface area contributed by atoms with Gasteiger partial charge in [0.15, 0.2) is 0 Å². The lowest BCUT2D eigenvalue weighted by Gasteiger charge is -2.07. The van der Waals surface area contributed by atoms with Crippen molar-refractivity contribution in [3.05, 3.63) is 55.6 Å². The van der Waals surface area contributed by atoms with Crippen molar-refractivity contribution in [2.75, 3.05) is 13.1 Å².